The average molecular weight is 421 g/mol. The lowest BCUT2D eigenvalue weighted by molar-refractivity contribution is -0.160. The van der Waals surface area contributed by atoms with E-state index in [9.17, 15) is 14.4 Å². The first-order chi connectivity index (χ1) is 14.1. The van der Waals surface area contributed by atoms with E-state index in [0.717, 1.165) is 0 Å². The van der Waals surface area contributed by atoms with Gasteiger partial charge >= 0.3 is 18.0 Å². The second kappa shape index (κ2) is 10.4. The summed E-state index contributed by atoms with van der Waals surface area (Å²) in [6.45, 7) is 8.34. The van der Waals surface area contributed by atoms with Gasteiger partial charge in [0.05, 0.1) is 25.3 Å². The van der Waals surface area contributed by atoms with Gasteiger partial charge in [0.2, 0.25) is 0 Å². The predicted octanol–water partition coefficient (Wildman–Crippen LogP) is 1.83. The standard InChI is InChI=1S/C21H31N3O6/c1-15(18(25)28-5)22-13-17-14-23(20(27)29-21(2,3)4)11-12-24(17)30-19(26)16-9-7-6-8-10-16/h6-10,15,17,22H,11-14H2,1-5H3. The zero-order valence-electron chi connectivity index (χ0n) is 18.2. The van der Waals surface area contributed by atoms with Gasteiger partial charge in [0.15, 0.2) is 0 Å². The zero-order valence-corrected chi connectivity index (χ0v) is 18.2. The number of piperazine rings is 1. The van der Waals surface area contributed by atoms with Crippen LogP contribution in [0.2, 0.25) is 0 Å². The molecule has 1 amide bonds. The molecule has 1 aliphatic rings. The molecule has 0 aliphatic carbocycles. The van der Waals surface area contributed by atoms with Gasteiger partial charge in [-0.05, 0) is 39.8 Å². The van der Waals surface area contributed by atoms with Gasteiger partial charge in [-0.2, -0.15) is 0 Å². The van der Waals surface area contributed by atoms with Crippen molar-refractivity contribution >= 4 is 18.0 Å². The van der Waals surface area contributed by atoms with Crippen molar-refractivity contribution in [2.45, 2.75) is 45.4 Å². The molecule has 0 saturated carbocycles. The van der Waals surface area contributed by atoms with Crippen LogP contribution in [-0.4, -0.2) is 79.0 Å². The molecule has 166 valence electrons. The normalized spacial score (nSPS) is 18.4. The first-order valence-corrected chi connectivity index (χ1v) is 9.94. The molecule has 1 fully saturated rings. The first-order valence-electron chi connectivity index (χ1n) is 9.94. The number of hydrogen-bond acceptors (Lipinski definition) is 8. The molecule has 1 aromatic carbocycles. The van der Waals surface area contributed by atoms with Gasteiger partial charge in [-0.25, -0.2) is 9.59 Å². The van der Waals surface area contributed by atoms with Crippen molar-refractivity contribution in [3.63, 3.8) is 0 Å². The number of esters is 1. The zero-order chi connectivity index (χ0) is 22.3. The highest BCUT2D eigenvalue weighted by atomic mass is 16.7. The molecule has 1 heterocycles. The van der Waals surface area contributed by atoms with Gasteiger partial charge in [0.1, 0.15) is 11.6 Å². The SMILES string of the molecule is COC(=O)C(C)NCC1CN(C(=O)OC(C)(C)C)CCN1OC(=O)c1ccccc1. The Kier molecular flexibility index (Phi) is 8.19. The Morgan fingerprint density at radius 1 is 1.17 bits per heavy atom. The Hall–Kier alpha value is -2.65. The van der Waals surface area contributed by atoms with Gasteiger partial charge in [-0.3, -0.25) is 4.79 Å². The molecule has 2 atom stereocenters. The van der Waals surface area contributed by atoms with Crippen LogP contribution in [0.3, 0.4) is 0 Å². The molecule has 9 nitrogen and oxygen atoms in total. The predicted molar refractivity (Wildman–Crippen MR) is 110 cm³/mol. The first kappa shape index (κ1) is 23.6. The number of amides is 1. The number of nitrogens with one attached hydrogen (secondary N) is 1. The van der Waals surface area contributed by atoms with E-state index in [0.29, 0.717) is 25.2 Å². The lowest BCUT2D eigenvalue weighted by atomic mass is 10.2. The highest BCUT2D eigenvalue weighted by Crippen LogP contribution is 2.16. The molecule has 0 spiro atoms. The second-order valence-electron chi connectivity index (χ2n) is 8.12. The fourth-order valence-electron chi connectivity index (χ4n) is 2.92. The third-order valence-corrected chi connectivity index (χ3v) is 4.50. The van der Waals surface area contributed by atoms with Gasteiger partial charge in [0.25, 0.3) is 0 Å². The number of ether oxygens (including phenoxy) is 2. The van der Waals surface area contributed by atoms with Crippen molar-refractivity contribution in [2.75, 3.05) is 33.3 Å². The van der Waals surface area contributed by atoms with Gasteiger partial charge in [-0.1, -0.05) is 18.2 Å². The lowest BCUT2D eigenvalue weighted by Crippen LogP contribution is -2.59. The van der Waals surface area contributed by atoms with Crippen LogP contribution in [0.15, 0.2) is 30.3 Å². The number of hydrogen-bond donors (Lipinski definition) is 1. The number of methoxy groups -OCH3 is 1. The minimum atomic E-state index is -0.610. The highest BCUT2D eigenvalue weighted by molar-refractivity contribution is 5.89. The minimum Gasteiger partial charge on any atom is -0.468 e. The number of carbonyl (C=O) groups is 3. The quantitative estimate of drug-likeness (QED) is 0.695. The monoisotopic (exact) mass is 421 g/mol. The molecule has 1 N–H and O–H groups in total. The number of rotatable bonds is 6. The highest BCUT2D eigenvalue weighted by Gasteiger charge is 2.34. The summed E-state index contributed by atoms with van der Waals surface area (Å²) in [6.07, 6.45) is -0.428. The summed E-state index contributed by atoms with van der Waals surface area (Å²) < 4.78 is 10.2. The summed E-state index contributed by atoms with van der Waals surface area (Å²) in [4.78, 5) is 43.8. The third-order valence-electron chi connectivity index (χ3n) is 4.50. The van der Waals surface area contributed by atoms with E-state index < -0.39 is 29.7 Å². The molecule has 1 aromatic rings. The van der Waals surface area contributed by atoms with Crippen LogP contribution in [0.4, 0.5) is 4.79 Å². The Morgan fingerprint density at radius 2 is 1.83 bits per heavy atom. The van der Waals surface area contributed by atoms with E-state index in [2.05, 4.69) is 5.32 Å². The summed E-state index contributed by atoms with van der Waals surface area (Å²) in [5, 5.41) is 4.62. The molecule has 1 saturated heterocycles. The summed E-state index contributed by atoms with van der Waals surface area (Å²) >= 11 is 0. The van der Waals surface area contributed by atoms with E-state index in [1.54, 1.807) is 61.9 Å². The Morgan fingerprint density at radius 3 is 2.43 bits per heavy atom. The van der Waals surface area contributed by atoms with E-state index in [-0.39, 0.29) is 12.6 Å². The summed E-state index contributed by atoms with van der Waals surface area (Å²) in [5.41, 5.74) is -0.178. The molecule has 30 heavy (non-hydrogen) atoms. The largest absolute Gasteiger partial charge is 0.468 e. The minimum absolute atomic E-state index is 0.276. The smallest absolute Gasteiger partial charge is 0.410 e. The number of benzene rings is 1. The second-order valence-corrected chi connectivity index (χ2v) is 8.12. The van der Waals surface area contributed by atoms with Crippen molar-refractivity contribution in [2.24, 2.45) is 0 Å². The molecule has 1 aliphatic heterocycles. The van der Waals surface area contributed by atoms with Crippen LogP contribution >= 0.6 is 0 Å². The number of nitrogens with zero attached hydrogens (tertiary/aromatic N) is 2. The van der Waals surface area contributed by atoms with E-state index in [4.69, 9.17) is 14.3 Å². The molecular weight excluding hydrogens is 390 g/mol. The number of carbonyl (C=O) groups excluding carboxylic acids is 3. The van der Waals surface area contributed by atoms with Gasteiger partial charge < -0.3 is 24.5 Å². The van der Waals surface area contributed by atoms with Crippen LogP contribution in [0, 0.1) is 0 Å². The van der Waals surface area contributed by atoms with Crippen LogP contribution < -0.4 is 5.32 Å². The maximum absolute atomic E-state index is 12.5. The molecule has 2 rings (SSSR count). The summed E-state index contributed by atoms with van der Waals surface area (Å²) in [7, 11) is 1.32. The average Bonchev–Trinajstić information content (AvgIpc) is 2.71. The Bertz CT molecular complexity index is 734. The number of hydroxylamine groups is 2. The van der Waals surface area contributed by atoms with Crippen molar-refractivity contribution in [3.05, 3.63) is 35.9 Å². The molecule has 0 radical (unpaired) electrons. The van der Waals surface area contributed by atoms with Crippen LogP contribution in [0.1, 0.15) is 38.1 Å². The Labute approximate surface area is 177 Å². The maximum Gasteiger partial charge on any atom is 0.410 e. The van der Waals surface area contributed by atoms with E-state index >= 15 is 0 Å². The van der Waals surface area contributed by atoms with Crippen molar-refractivity contribution in [1.29, 1.82) is 0 Å². The fraction of sp³-hybridized carbons (Fsp3) is 0.571. The summed E-state index contributed by atoms with van der Waals surface area (Å²) in [5.74, 6) is -0.880. The summed E-state index contributed by atoms with van der Waals surface area (Å²) in [6, 6.07) is 7.77. The van der Waals surface area contributed by atoms with Gasteiger partial charge in [-0.15, -0.1) is 5.06 Å². The maximum atomic E-state index is 12.5. The molecule has 0 bridgehead atoms. The fourth-order valence-corrected chi connectivity index (χ4v) is 2.92. The molecule has 0 aromatic heterocycles. The van der Waals surface area contributed by atoms with Crippen LogP contribution in [-0.2, 0) is 19.1 Å². The molecule has 2 unspecified atom stereocenters. The van der Waals surface area contributed by atoms with Crippen molar-refractivity contribution < 1.29 is 28.7 Å². The van der Waals surface area contributed by atoms with Crippen molar-refractivity contribution in [1.82, 2.24) is 15.3 Å². The third kappa shape index (κ3) is 7.00. The van der Waals surface area contributed by atoms with Crippen LogP contribution in [0.5, 0.6) is 0 Å². The Balaban J connectivity index is 2.07. The lowest BCUT2D eigenvalue weighted by Gasteiger charge is -2.40. The van der Waals surface area contributed by atoms with Crippen molar-refractivity contribution in [3.8, 4) is 0 Å². The van der Waals surface area contributed by atoms with E-state index in [1.165, 1.54) is 7.11 Å². The molecule has 9 heteroatoms. The molecular formula is C21H31N3O6. The van der Waals surface area contributed by atoms with Gasteiger partial charge in [0, 0.05) is 19.6 Å². The van der Waals surface area contributed by atoms with E-state index in [1.807, 2.05) is 6.07 Å². The topological polar surface area (TPSA) is 97.4 Å². The van der Waals surface area contributed by atoms with Crippen LogP contribution in [0.25, 0.3) is 0 Å².